The SMILES string of the molecule is CC1C=C(C(=O)N=NC2Nc3cccc(Cl)c3N2[C@@H]2CCCCN(C(=O)C3=CCCN(C)C3)C2)C=CN1. The van der Waals surface area contributed by atoms with Crippen LogP contribution in [0.2, 0.25) is 5.02 Å². The normalized spacial score (nSPS) is 26.2. The largest absolute Gasteiger partial charge is 0.385 e. The fraction of sp³-hybridized carbons (Fsp3) is 0.481. The van der Waals surface area contributed by atoms with Crippen LogP contribution < -0.4 is 15.5 Å². The summed E-state index contributed by atoms with van der Waals surface area (Å²) in [5.41, 5.74) is 3.06. The number of hydrogen-bond donors (Lipinski definition) is 2. The number of nitrogens with one attached hydrogen (secondary N) is 2. The molecule has 3 atom stereocenters. The zero-order valence-corrected chi connectivity index (χ0v) is 22.1. The van der Waals surface area contributed by atoms with E-state index in [9.17, 15) is 9.59 Å². The Labute approximate surface area is 222 Å². The van der Waals surface area contributed by atoms with E-state index in [4.69, 9.17) is 11.6 Å². The van der Waals surface area contributed by atoms with Crippen LogP contribution in [-0.2, 0) is 9.59 Å². The predicted molar refractivity (Wildman–Crippen MR) is 145 cm³/mol. The molecule has 2 amide bonds. The quantitative estimate of drug-likeness (QED) is 0.581. The lowest BCUT2D eigenvalue weighted by Crippen LogP contribution is -2.49. The zero-order chi connectivity index (χ0) is 25.9. The van der Waals surface area contributed by atoms with Crippen molar-refractivity contribution in [3.8, 4) is 0 Å². The van der Waals surface area contributed by atoms with Gasteiger partial charge in [-0.15, -0.1) is 10.2 Å². The van der Waals surface area contributed by atoms with Crippen LogP contribution in [0.4, 0.5) is 11.4 Å². The number of azo groups is 1. The van der Waals surface area contributed by atoms with Crippen molar-refractivity contribution in [2.75, 3.05) is 43.4 Å². The van der Waals surface area contributed by atoms with Crippen LogP contribution in [0, 0.1) is 0 Å². The first-order valence-corrected chi connectivity index (χ1v) is 13.4. The second kappa shape index (κ2) is 11.1. The lowest BCUT2D eigenvalue weighted by atomic mass is 10.1. The molecule has 1 aromatic rings. The van der Waals surface area contributed by atoms with Crippen molar-refractivity contribution in [1.29, 1.82) is 0 Å². The first kappa shape index (κ1) is 25.5. The molecule has 4 aliphatic rings. The molecule has 0 aromatic heterocycles. The van der Waals surface area contributed by atoms with Gasteiger partial charge in [-0.1, -0.05) is 23.7 Å². The molecule has 0 aliphatic carbocycles. The standard InChI is InChI=1S/C27H34ClN7O2/c1-18-15-19(11-12-29-18)25(36)31-32-27-30-23-10-5-9-22(28)24(23)35(27)21-8-3-4-14-34(17-21)26(37)20-7-6-13-33(2)16-20/h5,7,9-12,15,18,21,27,29-30H,3-4,6,8,13-14,16-17H2,1-2H3/t18?,21-,27?/m1/s1. The number of amides is 2. The van der Waals surface area contributed by atoms with Gasteiger partial charge in [0.25, 0.3) is 11.8 Å². The summed E-state index contributed by atoms with van der Waals surface area (Å²) in [7, 11) is 2.05. The summed E-state index contributed by atoms with van der Waals surface area (Å²) >= 11 is 6.69. The van der Waals surface area contributed by atoms with Gasteiger partial charge in [-0.05, 0) is 70.1 Å². The number of benzene rings is 1. The molecule has 2 N–H and O–H groups in total. The minimum atomic E-state index is -0.595. The van der Waals surface area contributed by atoms with Crippen molar-refractivity contribution >= 4 is 34.8 Å². The van der Waals surface area contributed by atoms with Gasteiger partial charge in [0.2, 0.25) is 6.29 Å². The first-order valence-electron chi connectivity index (χ1n) is 13.0. The second-order valence-corrected chi connectivity index (χ2v) is 10.6. The number of nitrogens with zero attached hydrogens (tertiary/aromatic N) is 5. The van der Waals surface area contributed by atoms with Crippen molar-refractivity contribution in [1.82, 2.24) is 15.1 Å². The van der Waals surface area contributed by atoms with Crippen LogP contribution >= 0.6 is 11.6 Å². The maximum Gasteiger partial charge on any atom is 0.294 e. The topological polar surface area (TPSA) is 92.6 Å². The number of hydrogen-bond acceptors (Lipinski definition) is 7. The summed E-state index contributed by atoms with van der Waals surface area (Å²) in [4.78, 5) is 32.5. The molecular weight excluding hydrogens is 490 g/mol. The van der Waals surface area contributed by atoms with Gasteiger partial charge in [-0.25, -0.2) is 0 Å². The highest BCUT2D eigenvalue weighted by Gasteiger charge is 2.38. The van der Waals surface area contributed by atoms with Crippen LogP contribution in [-0.4, -0.2) is 73.2 Å². The molecule has 5 rings (SSSR count). The minimum absolute atomic E-state index is 0.0286. The Balaban J connectivity index is 1.40. The van der Waals surface area contributed by atoms with Gasteiger partial charge in [0.15, 0.2) is 0 Å². The predicted octanol–water partition coefficient (Wildman–Crippen LogP) is 3.91. The maximum absolute atomic E-state index is 13.5. The van der Waals surface area contributed by atoms with Crippen molar-refractivity contribution in [3.63, 3.8) is 0 Å². The van der Waals surface area contributed by atoms with Gasteiger partial charge in [-0.3, -0.25) is 9.59 Å². The molecular formula is C27H34ClN7O2. The average Bonchev–Trinajstić information content (AvgIpc) is 3.09. The van der Waals surface area contributed by atoms with E-state index in [1.54, 1.807) is 12.3 Å². The van der Waals surface area contributed by atoms with Crippen molar-refractivity contribution in [2.45, 2.75) is 51.0 Å². The lowest BCUT2D eigenvalue weighted by Gasteiger charge is -2.35. The highest BCUT2D eigenvalue weighted by atomic mass is 35.5. The highest BCUT2D eigenvalue weighted by Crippen LogP contribution is 2.43. The van der Waals surface area contributed by atoms with E-state index in [2.05, 4.69) is 36.7 Å². The van der Waals surface area contributed by atoms with Gasteiger partial charge in [0.05, 0.1) is 22.4 Å². The number of halogens is 1. The molecule has 1 aromatic carbocycles. The van der Waals surface area contributed by atoms with E-state index in [-0.39, 0.29) is 23.9 Å². The summed E-state index contributed by atoms with van der Waals surface area (Å²) in [6.45, 7) is 4.90. The molecule has 10 heteroatoms. The monoisotopic (exact) mass is 523 g/mol. The summed E-state index contributed by atoms with van der Waals surface area (Å²) in [6.07, 6.45) is 10.5. The third-order valence-electron chi connectivity index (χ3n) is 7.29. The van der Waals surface area contributed by atoms with Gasteiger partial charge < -0.3 is 25.3 Å². The Kier molecular flexibility index (Phi) is 7.62. The maximum atomic E-state index is 13.5. The molecule has 4 aliphatic heterocycles. The molecule has 0 spiro atoms. The number of rotatable bonds is 4. The Bertz CT molecular complexity index is 1180. The Morgan fingerprint density at radius 2 is 2.05 bits per heavy atom. The van der Waals surface area contributed by atoms with Crippen molar-refractivity contribution in [3.05, 3.63) is 58.8 Å². The van der Waals surface area contributed by atoms with Gasteiger partial charge in [0, 0.05) is 43.4 Å². The third-order valence-corrected chi connectivity index (χ3v) is 7.60. The van der Waals surface area contributed by atoms with E-state index in [1.807, 2.05) is 43.1 Å². The average molecular weight is 524 g/mol. The Hall–Kier alpha value is -3.17. The minimum Gasteiger partial charge on any atom is -0.385 e. The summed E-state index contributed by atoms with van der Waals surface area (Å²) in [5, 5.41) is 15.6. The molecule has 1 fully saturated rings. The molecule has 0 saturated carbocycles. The molecule has 0 radical (unpaired) electrons. The number of carbonyl (C=O) groups excluding carboxylic acids is 2. The Morgan fingerprint density at radius 3 is 2.86 bits per heavy atom. The highest BCUT2D eigenvalue weighted by molar-refractivity contribution is 6.34. The van der Waals surface area contributed by atoms with E-state index >= 15 is 0 Å². The van der Waals surface area contributed by atoms with Gasteiger partial charge >= 0.3 is 0 Å². The second-order valence-electron chi connectivity index (χ2n) is 10.1. The summed E-state index contributed by atoms with van der Waals surface area (Å²) in [6, 6.07) is 5.72. The molecule has 0 bridgehead atoms. The van der Waals surface area contributed by atoms with Gasteiger partial charge in [0.1, 0.15) is 0 Å². The van der Waals surface area contributed by atoms with Gasteiger partial charge in [-0.2, -0.15) is 0 Å². The van der Waals surface area contributed by atoms with E-state index in [0.717, 1.165) is 55.7 Å². The molecule has 4 heterocycles. The number of likely N-dealkylation sites (tertiary alicyclic amines) is 1. The van der Waals surface area contributed by atoms with Crippen LogP contribution in [0.25, 0.3) is 0 Å². The van der Waals surface area contributed by atoms with Crippen LogP contribution in [0.3, 0.4) is 0 Å². The molecule has 1 saturated heterocycles. The number of likely N-dealkylation sites (N-methyl/N-ethyl adjacent to an activating group) is 1. The molecule has 2 unspecified atom stereocenters. The summed E-state index contributed by atoms with van der Waals surface area (Å²) < 4.78 is 0. The lowest BCUT2D eigenvalue weighted by molar-refractivity contribution is -0.127. The first-order chi connectivity index (χ1) is 17.9. The molecule has 196 valence electrons. The summed E-state index contributed by atoms with van der Waals surface area (Å²) in [5.74, 6) is -0.281. The van der Waals surface area contributed by atoms with E-state index < -0.39 is 6.29 Å². The van der Waals surface area contributed by atoms with Crippen molar-refractivity contribution < 1.29 is 9.59 Å². The van der Waals surface area contributed by atoms with Crippen LogP contribution in [0.5, 0.6) is 0 Å². The van der Waals surface area contributed by atoms with Crippen LogP contribution in [0.1, 0.15) is 32.6 Å². The zero-order valence-electron chi connectivity index (χ0n) is 21.4. The Morgan fingerprint density at radius 1 is 1.19 bits per heavy atom. The van der Waals surface area contributed by atoms with E-state index in [0.29, 0.717) is 23.7 Å². The number of dihydropyridines is 1. The van der Waals surface area contributed by atoms with Crippen LogP contribution in [0.15, 0.2) is 64.0 Å². The molecule has 9 nitrogen and oxygen atoms in total. The third kappa shape index (κ3) is 5.57. The number of carbonyl (C=O) groups is 2. The van der Waals surface area contributed by atoms with Crippen molar-refractivity contribution in [2.24, 2.45) is 10.2 Å². The number of anilines is 2. The molecule has 37 heavy (non-hydrogen) atoms. The number of fused-ring (bicyclic) bond motifs is 1. The smallest absolute Gasteiger partial charge is 0.294 e. The fourth-order valence-electron chi connectivity index (χ4n) is 5.44. The van der Waals surface area contributed by atoms with E-state index in [1.165, 1.54) is 0 Å². The number of para-hydroxylation sites is 1. The fourth-order valence-corrected chi connectivity index (χ4v) is 5.72.